The largest absolute Gasteiger partial charge is 0.465 e. The number of hydrogen-bond donors (Lipinski definition) is 0. The fraction of sp³-hybridized carbons (Fsp3) is 0.897. The molecule has 0 bridgehead atoms. The van der Waals surface area contributed by atoms with E-state index in [4.69, 9.17) is 47.4 Å². The zero-order valence-corrected chi connectivity index (χ0v) is 76.7. The van der Waals surface area contributed by atoms with Gasteiger partial charge < -0.3 is 47.4 Å². The second-order valence-electron chi connectivity index (χ2n) is 34.3. The molecule has 0 aromatic carbocycles. The van der Waals surface area contributed by atoms with E-state index in [0.29, 0.717) is 51.4 Å². The van der Waals surface area contributed by atoms with E-state index in [2.05, 4.69) is 27.7 Å². The highest BCUT2D eigenvalue weighted by atomic mass is 16.6. The summed E-state index contributed by atoms with van der Waals surface area (Å²) in [5, 5.41) is 0. The summed E-state index contributed by atoms with van der Waals surface area (Å²) in [7, 11) is 0. The Labute approximate surface area is 713 Å². The van der Waals surface area contributed by atoms with Crippen LogP contribution in [0.4, 0.5) is 0 Å². The summed E-state index contributed by atoms with van der Waals surface area (Å²) < 4.78 is 58.0. The first-order chi connectivity index (χ1) is 56.6. The van der Waals surface area contributed by atoms with Crippen LogP contribution in [0.1, 0.15) is 487 Å². The molecule has 684 valence electrons. The average molecular weight is 1660 g/mol. The minimum atomic E-state index is -1.02. The van der Waals surface area contributed by atoms with Gasteiger partial charge in [0, 0.05) is 66.2 Å². The molecule has 0 aromatic heterocycles. The van der Waals surface area contributed by atoms with Crippen molar-refractivity contribution in [1.82, 2.24) is 0 Å². The Kier molecular flexibility index (Phi) is 75.6. The minimum Gasteiger partial charge on any atom is -0.465 e. The Balaban J connectivity index is 5.90. The van der Waals surface area contributed by atoms with Gasteiger partial charge in [-0.3, -0.25) is 47.9 Å². The van der Waals surface area contributed by atoms with E-state index < -0.39 is 46.6 Å². The van der Waals surface area contributed by atoms with Crippen LogP contribution in [0.15, 0.2) is 0 Å². The molecule has 0 heterocycles. The molecule has 0 fully saturated rings. The molecule has 5 atom stereocenters. The monoisotopic (exact) mass is 1660 g/mol. The molecule has 20 nitrogen and oxygen atoms in total. The zero-order valence-electron chi connectivity index (χ0n) is 76.7. The lowest BCUT2D eigenvalue weighted by atomic mass is 9.88. The van der Waals surface area contributed by atoms with Gasteiger partial charge in [0.2, 0.25) is 0 Å². The molecule has 0 rings (SSSR count). The highest BCUT2D eigenvalue weighted by Crippen LogP contribution is 2.30. The first kappa shape index (κ1) is 112. The summed E-state index contributed by atoms with van der Waals surface area (Å²) in [6, 6.07) is 0. The maximum absolute atomic E-state index is 13.5. The first-order valence-electron chi connectivity index (χ1n) is 48.2. The van der Waals surface area contributed by atoms with Gasteiger partial charge in [0.25, 0.3) is 0 Å². The van der Waals surface area contributed by atoms with Crippen LogP contribution in [0.2, 0.25) is 0 Å². The Morgan fingerprint density at radius 3 is 0.453 bits per heavy atom. The second-order valence-corrected chi connectivity index (χ2v) is 34.3. The van der Waals surface area contributed by atoms with Crippen LogP contribution in [0.5, 0.6) is 0 Å². The lowest BCUT2D eigenvalue weighted by molar-refractivity contribution is -0.165. The van der Waals surface area contributed by atoms with E-state index >= 15 is 0 Å². The molecule has 0 amide bonds. The number of hydrogen-bond acceptors (Lipinski definition) is 20. The number of ether oxygens (including phenoxy) is 10. The molecule has 0 aromatic rings. The summed E-state index contributed by atoms with van der Waals surface area (Å²) in [6.45, 7) is 17.7. The normalized spacial score (nSPS) is 13.4. The van der Waals surface area contributed by atoms with E-state index in [0.717, 1.165) is 199 Å². The molecule has 0 aliphatic carbocycles. The molecule has 0 aliphatic heterocycles. The molecule has 0 saturated carbocycles. The van der Waals surface area contributed by atoms with Crippen molar-refractivity contribution in [3.63, 3.8) is 0 Å². The number of unbranched alkanes of at least 4 members (excludes halogenated alkanes) is 40. The number of esters is 10. The predicted molar refractivity (Wildman–Crippen MR) is 467 cm³/mol. The first-order valence-corrected chi connectivity index (χ1v) is 48.2. The van der Waals surface area contributed by atoms with Crippen LogP contribution in [0, 0.1) is 10.8 Å². The van der Waals surface area contributed by atoms with E-state index in [-0.39, 0.29) is 126 Å². The molecule has 5 unspecified atom stereocenters. The van der Waals surface area contributed by atoms with Crippen LogP contribution in [0.3, 0.4) is 0 Å². The van der Waals surface area contributed by atoms with Crippen LogP contribution >= 0.6 is 0 Å². The van der Waals surface area contributed by atoms with Crippen LogP contribution < -0.4 is 0 Å². The van der Waals surface area contributed by atoms with Crippen molar-refractivity contribution >= 4 is 59.7 Å². The second kappa shape index (κ2) is 79.2. The summed E-state index contributed by atoms with van der Waals surface area (Å²) in [4.78, 5) is 128. The summed E-state index contributed by atoms with van der Waals surface area (Å²) in [5.74, 6) is -3.62. The van der Waals surface area contributed by atoms with Gasteiger partial charge >= 0.3 is 59.7 Å². The van der Waals surface area contributed by atoms with Crippen molar-refractivity contribution in [1.29, 1.82) is 0 Å². The smallest absolute Gasteiger partial charge is 0.305 e. The third-order valence-corrected chi connectivity index (χ3v) is 23.0. The van der Waals surface area contributed by atoms with Gasteiger partial charge in [-0.1, -0.05) is 266 Å². The van der Waals surface area contributed by atoms with Crippen molar-refractivity contribution in [2.75, 3.05) is 39.6 Å². The summed E-state index contributed by atoms with van der Waals surface area (Å²) in [6.07, 6.45) is 58.1. The summed E-state index contributed by atoms with van der Waals surface area (Å²) >= 11 is 0. The average Bonchev–Trinajstić information content (AvgIpc) is 0.867. The third kappa shape index (κ3) is 72.1. The van der Waals surface area contributed by atoms with Gasteiger partial charge in [-0.15, -0.1) is 0 Å². The lowest BCUT2D eigenvalue weighted by Crippen LogP contribution is -2.39. The molecule has 0 N–H and O–H groups in total. The Morgan fingerprint density at radius 2 is 0.316 bits per heavy atom. The fourth-order valence-corrected chi connectivity index (χ4v) is 15.0. The molecule has 20 heteroatoms. The summed E-state index contributed by atoms with van der Waals surface area (Å²) in [5.41, 5.74) is -2.04. The van der Waals surface area contributed by atoms with Crippen LogP contribution in [0.25, 0.3) is 0 Å². The highest BCUT2D eigenvalue weighted by Gasteiger charge is 2.36. The Morgan fingerprint density at radius 1 is 0.188 bits per heavy atom. The maximum atomic E-state index is 13.5. The van der Waals surface area contributed by atoms with Crippen molar-refractivity contribution in [3.8, 4) is 0 Å². The Hall–Kier alpha value is -5.30. The van der Waals surface area contributed by atoms with Crippen molar-refractivity contribution < 1.29 is 95.3 Å². The van der Waals surface area contributed by atoms with E-state index in [1.54, 1.807) is 0 Å². The van der Waals surface area contributed by atoms with Gasteiger partial charge in [0.1, 0.15) is 64.1 Å². The van der Waals surface area contributed by atoms with Crippen LogP contribution in [-0.2, 0) is 95.3 Å². The molecule has 0 saturated heterocycles. The highest BCUT2D eigenvalue weighted by molar-refractivity contribution is 5.72. The topological polar surface area (TPSA) is 263 Å². The number of carbonyl (C=O) groups excluding carboxylic acids is 10. The van der Waals surface area contributed by atoms with Gasteiger partial charge in [0.05, 0.1) is 10.8 Å². The van der Waals surface area contributed by atoms with Gasteiger partial charge in [-0.05, 0) is 154 Å². The molecule has 0 radical (unpaired) electrons. The number of carbonyl (C=O) groups is 10. The molecule has 0 aliphatic rings. The standard InChI is InChI=1S/C97H176O20/c1-11-17-21-25-29-36-48-62-86(114-82(7)98)66-52-40-33-43-56-70-90(102)108-76-96(15-5,77-109-91(103)71-57-44-34-41-53-67-87(115-83(8)99)63-49-37-30-26-22-18-12-2)80-112-94(106)74-60-61-75-95(107)113-81-97(16-6,79-111-93(105)73-59-47-46-55-69-89(117-85(10)101)65-51-39-32-28-24-20-14-4)78-110-92(104)72-58-45-35-42-54-68-88(116-84(9)100)64-50-38-31-27-23-19-13-3/h86-89H,11-81H2,1-10H3. The van der Waals surface area contributed by atoms with Crippen molar-refractivity contribution in [3.05, 3.63) is 0 Å². The minimum absolute atomic E-state index is 0.0192. The van der Waals surface area contributed by atoms with E-state index in [1.807, 2.05) is 13.8 Å². The van der Waals surface area contributed by atoms with Crippen LogP contribution in [-0.4, -0.2) is 124 Å². The quantitative estimate of drug-likeness (QED) is 0.0311. The van der Waals surface area contributed by atoms with E-state index in [1.165, 1.54) is 156 Å². The molecule has 0 spiro atoms. The fourth-order valence-electron chi connectivity index (χ4n) is 15.0. The molecule has 117 heavy (non-hydrogen) atoms. The van der Waals surface area contributed by atoms with Crippen molar-refractivity contribution in [2.45, 2.75) is 511 Å². The lowest BCUT2D eigenvalue weighted by Gasteiger charge is -2.31. The third-order valence-electron chi connectivity index (χ3n) is 23.0. The number of rotatable bonds is 86. The van der Waals surface area contributed by atoms with Gasteiger partial charge in [-0.2, -0.15) is 0 Å². The zero-order chi connectivity index (χ0) is 86.4. The molecular formula is C97H176O20. The van der Waals surface area contributed by atoms with Crippen molar-refractivity contribution in [2.24, 2.45) is 10.8 Å². The van der Waals surface area contributed by atoms with Gasteiger partial charge in [0.15, 0.2) is 0 Å². The van der Waals surface area contributed by atoms with Gasteiger partial charge in [-0.25, -0.2) is 0 Å². The SMILES string of the molecule is CCCCCCCCCC(CCCCCCCC(=O)OCC(CC)(COC(=O)CCCCCCCC(CCCCCCCCC)OC(C)=O)COC(=O)CCCCC(=O)OCC(CC)(COC(=O)CCCCCCCC(CCCCCCCCC)OC(C)=O)COC(=O)CCCCCCC(CCCCCCCCC)OC(C)=O)OC(C)=O. The predicted octanol–water partition coefficient (Wildman–Crippen LogP) is 25.4. The maximum Gasteiger partial charge on any atom is 0.305 e. The van der Waals surface area contributed by atoms with E-state index in [9.17, 15) is 47.9 Å². The molecular weight excluding hydrogens is 1490 g/mol. The Bertz CT molecular complexity index is 2400.